The van der Waals surface area contributed by atoms with Gasteiger partial charge in [0.1, 0.15) is 0 Å². The molecule has 1 aliphatic rings. The Kier molecular flexibility index (Phi) is 4.26. The third-order valence-corrected chi connectivity index (χ3v) is 3.81. The smallest absolute Gasteiger partial charge is 0.246 e. The first-order valence-corrected chi connectivity index (χ1v) is 6.71. The molecule has 18 heavy (non-hydrogen) atoms. The maximum absolute atomic E-state index is 12.1. The monoisotopic (exact) mass is 252 g/mol. The van der Waals surface area contributed by atoms with Gasteiger partial charge in [0.25, 0.3) is 0 Å². The molecule has 0 N–H and O–H groups in total. The van der Waals surface area contributed by atoms with Crippen molar-refractivity contribution in [1.82, 2.24) is 9.80 Å². The van der Waals surface area contributed by atoms with E-state index in [-0.39, 0.29) is 17.0 Å². The van der Waals surface area contributed by atoms with E-state index in [0.717, 1.165) is 19.4 Å². The summed E-state index contributed by atoms with van der Waals surface area (Å²) in [5, 5.41) is 0. The van der Waals surface area contributed by atoms with Crippen molar-refractivity contribution in [2.24, 2.45) is 5.92 Å². The van der Waals surface area contributed by atoms with E-state index in [2.05, 4.69) is 53.3 Å². The van der Waals surface area contributed by atoms with Crippen molar-refractivity contribution < 1.29 is 4.79 Å². The number of nitrogens with zero attached hydrogens (tertiary/aromatic N) is 2. The Bertz CT molecular complexity index is 313. The first kappa shape index (κ1) is 15.2. The summed E-state index contributed by atoms with van der Waals surface area (Å²) in [7, 11) is 4.22. The lowest BCUT2D eigenvalue weighted by molar-refractivity contribution is -0.146. The van der Waals surface area contributed by atoms with Crippen LogP contribution in [0.2, 0.25) is 0 Å². The van der Waals surface area contributed by atoms with Crippen molar-refractivity contribution in [3.8, 4) is 0 Å². The molecule has 0 radical (unpaired) electrons. The Balaban J connectivity index is 2.98. The number of likely N-dealkylation sites (tertiary alicyclic amines) is 1. The van der Waals surface area contributed by atoms with Crippen molar-refractivity contribution in [3.63, 3.8) is 0 Å². The zero-order chi connectivity index (χ0) is 14.1. The summed E-state index contributed by atoms with van der Waals surface area (Å²) >= 11 is 0. The molecule has 0 atom stereocenters. The number of hydrogen-bond acceptors (Lipinski definition) is 2. The molecule has 0 bridgehead atoms. The van der Waals surface area contributed by atoms with Gasteiger partial charge in [0.15, 0.2) is 0 Å². The highest BCUT2D eigenvalue weighted by Crippen LogP contribution is 2.41. The quantitative estimate of drug-likeness (QED) is 0.721. The standard InChI is InChI=1S/C15H28N2O/c1-8-13(18)17-14(2,3)9-12(11-16(6)7)10-15(17,4)5/h8,12H,1,9-11H2,2-7H3. The van der Waals surface area contributed by atoms with Gasteiger partial charge in [0.05, 0.1) is 0 Å². The Labute approximate surface area is 112 Å². The number of piperidine rings is 1. The van der Waals surface area contributed by atoms with Gasteiger partial charge in [-0.25, -0.2) is 0 Å². The highest BCUT2D eigenvalue weighted by molar-refractivity contribution is 5.88. The molecule has 1 heterocycles. The summed E-state index contributed by atoms with van der Waals surface area (Å²) in [6, 6.07) is 0. The second-order valence-corrected chi connectivity index (χ2v) is 7.04. The maximum atomic E-state index is 12.1. The van der Waals surface area contributed by atoms with E-state index in [1.165, 1.54) is 6.08 Å². The summed E-state index contributed by atoms with van der Waals surface area (Å²) in [6.07, 6.45) is 3.54. The van der Waals surface area contributed by atoms with Crippen molar-refractivity contribution in [2.45, 2.75) is 51.6 Å². The summed E-state index contributed by atoms with van der Waals surface area (Å²) in [5.41, 5.74) is -0.207. The van der Waals surface area contributed by atoms with E-state index >= 15 is 0 Å². The number of amides is 1. The molecular weight excluding hydrogens is 224 g/mol. The molecule has 0 saturated carbocycles. The molecule has 1 saturated heterocycles. The lowest BCUT2D eigenvalue weighted by atomic mass is 9.73. The Morgan fingerprint density at radius 3 is 2.06 bits per heavy atom. The molecule has 1 aliphatic heterocycles. The normalized spacial score (nSPS) is 23.2. The topological polar surface area (TPSA) is 23.6 Å². The van der Waals surface area contributed by atoms with Crippen LogP contribution in [0.25, 0.3) is 0 Å². The average molecular weight is 252 g/mol. The zero-order valence-electron chi connectivity index (χ0n) is 12.8. The molecule has 104 valence electrons. The third-order valence-electron chi connectivity index (χ3n) is 3.81. The van der Waals surface area contributed by atoms with E-state index in [9.17, 15) is 4.79 Å². The minimum absolute atomic E-state index is 0.0494. The van der Waals surface area contributed by atoms with E-state index in [4.69, 9.17) is 0 Å². The van der Waals surface area contributed by atoms with Gasteiger partial charge >= 0.3 is 0 Å². The fourth-order valence-corrected chi connectivity index (χ4v) is 3.82. The molecule has 0 spiro atoms. The number of hydrogen-bond donors (Lipinski definition) is 0. The average Bonchev–Trinajstić information content (AvgIpc) is 2.11. The van der Waals surface area contributed by atoms with Crippen LogP contribution in [0.15, 0.2) is 12.7 Å². The van der Waals surface area contributed by atoms with Crippen LogP contribution in [0.5, 0.6) is 0 Å². The van der Waals surface area contributed by atoms with E-state index in [1.54, 1.807) is 0 Å². The Hall–Kier alpha value is -0.830. The van der Waals surface area contributed by atoms with Crippen molar-refractivity contribution in [2.75, 3.05) is 20.6 Å². The predicted molar refractivity (Wildman–Crippen MR) is 76.5 cm³/mol. The van der Waals surface area contributed by atoms with Crippen molar-refractivity contribution in [3.05, 3.63) is 12.7 Å². The van der Waals surface area contributed by atoms with Crippen molar-refractivity contribution >= 4 is 5.91 Å². The SMILES string of the molecule is C=CC(=O)N1C(C)(C)CC(CN(C)C)CC1(C)C. The Morgan fingerprint density at radius 1 is 1.28 bits per heavy atom. The molecule has 3 nitrogen and oxygen atoms in total. The fraction of sp³-hybridized carbons (Fsp3) is 0.800. The molecule has 0 aromatic rings. The first-order valence-electron chi connectivity index (χ1n) is 6.71. The van der Waals surface area contributed by atoms with Gasteiger partial charge < -0.3 is 9.80 Å². The lowest BCUT2D eigenvalue weighted by Gasteiger charge is -2.55. The van der Waals surface area contributed by atoms with Crippen LogP contribution < -0.4 is 0 Å². The van der Waals surface area contributed by atoms with E-state index in [1.807, 2.05) is 4.90 Å². The molecule has 0 aliphatic carbocycles. The molecule has 0 unspecified atom stereocenters. The van der Waals surface area contributed by atoms with Gasteiger partial charge in [-0.2, -0.15) is 0 Å². The van der Waals surface area contributed by atoms with Crippen LogP contribution >= 0.6 is 0 Å². The van der Waals surface area contributed by atoms with Crippen LogP contribution in [0.4, 0.5) is 0 Å². The molecule has 1 rings (SSSR count). The summed E-state index contributed by atoms with van der Waals surface area (Å²) < 4.78 is 0. The second-order valence-electron chi connectivity index (χ2n) is 7.04. The van der Waals surface area contributed by atoms with Gasteiger partial charge in [-0.1, -0.05) is 6.58 Å². The number of rotatable bonds is 3. The lowest BCUT2D eigenvalue weighted by Crippen LogP contribution is -2.63. The number of carbonyl (C=O) groups excluding carboxylic acids is 1. The Morgan fingerprint density at radius 2 is 1.72 bits per heavy atom. The first-order chi connectivity index (χ1) is 8.10. The fourth-order valence-electron chi connectivity index (χ4n) is 3.82. The van der Waals surface area contributed by atoms with Crippen LogP contribution in [0.1, 0.15) is 40.5 Å². The summed E-state index contributed by atoms with van der Waals surface area (Å²) in [6.45, 7) is 13.4. The minimum Gasteiger partial charge on any atom is -0.329 e. The van der Waals surface area contributed by atoms with Gasteiger partial charge in [-0.15, -0.1) is 0 Å². The molecule has 0 aromatic heterocycles. The van der Waals surface area contributed by atoms with Crippen LogP contribution in [-0.2, 0) is 4.79 Å². The van der Waals surface area contributed by atoms with Crippen LogP contribution in [0.3, 0.4) is 0 Å². The highest BCUT2D eigenvalue weighted by atomic mass is 16.2. The summed E-state index contributed by atoms with van der Waals surface area (Å²) in [4.78, 5) is 16.4. The van der Waals surface area contributed by atoms with Gasteiger partial charge in [-0.3, -0.25) is 4.79 Å². The van der Waals surface area contributed by atoms with Crippen LogP contribution in [0, 0.1) is 5.92 Å². The molecule has 3 heteroatoms. The van der Waals surface area contributed by atoms with Gasteiger partial charge in [0, 0.05) is 17.6 Å². The predicted octanol–water partition coefficient (Wildman–Crippen LogP) is 2.53. The zero-order valence-corrected chi connectivity index (χ0v) is 12.8. The molecule has 1 amide bonds. The van der Waals surface area contributed by atoms with Crippen molar-refractivity contribution in [1.29, 1.82) is 0 Å². The summed E-state index contributed by atoms with van der Waals surface area (Å²) in [5.74, 6) is 0.687. The minimum atomic E-state index is -0.103. The van der Waals surface area contributed by atoms with Crippen LogP contribution in [-0.4, -0.2) is 47.4 Å². The second kappa shape index (κ2) is 5.04. The van der Waals surface area contributed by atoms with Gasteiger partial charge in [0.2, 0.25) is 5.91 Å². The third kappa shape index (κ3) is 3.14. The highest BCUT2D eigenvalue weighted by Gasteiger charge is 2.46. The molecule has 1 fully saturated rings. The molecular formula is C15H28N2O. The molecule has 0 aromatic carbocycles. The van der Waals surface area contributed by atoms with E-state index < -0.39 is 0 Å². The van der Waals surface area contributed by atoms with Gasteiger partial charge in [-0.05, 0) is 66.6 Å². The largest absolute Gasteiger partial charge is 0.329 e. The van der Waals surface area contributed by atoms with E-state index in [0.29, 0.717) is 5.92 Å². The maximum Gasteiger partial charge on any atom is 0.246 e. The number of carbonyl (C=O) groups is 1.